The number of carbonyl (C=O) groups excluding carboxylic acids is 1. The van der Waals surface area contributed by atoms with Gasteiger partial charge >= 0.3 is 0 Å². The lowest BCUT2D eigenvalue weighted by Gasteiger charge is -2.03. The zero-order valence-corrected chi connectivity index (χ0v) is 11.7. The molecule has 0 unspecified atom stereocenters. The van der Waals surface area contributed by atoms with Crippen molar-refractivity contribution in [3.8, 4) is 6.07 Å². The maximum absolute atomic E-state index is 11.9. The number of nitriles is 1. The van der Waals surface area contributed by atoms with Gasteiger partial charge in [-0.25, -0.2) is 0 Å². The molecule has 1 amide bonds. The van der Waals surface area contributed by atoms with Crippen LogP contribution in [0.2, 0.25) is 0 Å². The van der Waals surface area contributed by atoms with Gasteiger partial charge in [0.15, 0.2) is 0 Å². The smallest absolute Gasteiger partial charge is 0.251 e. The number of hydrogen-bond acceptors (Lipinski definition) is 3. The Morgan fingerprint density at radius 1 is 1.44 bits per heavy atom. The molecule has 0 aliphatic rings. The average Bonchev–Trinajstić information content (AvgIpc) is 2.82. The van der Waals surface area contributed by atoms with Gasteiger partial charge < -0.3 is 5.32 Å². The number of nitrogens with one attached hydrogen (secondary N) is 1. The van der Waals surface area contributed by atoms with E-state index in [1.165, 1.54) is 0 Å². The molecule has 0 radical (unpaired) electrons. The van der Waals surface area contributed by atoms with Gasteiger partial charge in [0.1, 0.15) is 0 Å². The van der Waals surface area contributed by atoms with Crippen LogP contribution in [0.1, 0.15) is 20.8 Å². The van der Waals surface area contributed by atoms with E-state index in [0.717, 1.165) is 9.35 Å². The van der Waals surface area contributed by atoms with Crippen molar-refractivity contribution in [2.24, 2.45) is 0 Å². The van der Waals surface area contributed by atoms with Crippen LogP contribution in [0.5, 0.6) is 0 Å². The van der Waals surface area contributed by atoms with Crippen LogP contribution in [0, 0.1) is 11.3 Å². The summed E-state index contributed by atoms with van der Waals surface area (Å²) in [6.45, 7) is 0.492. The Bertz CT molecular complexity index is 615. The van der Waals surface area contributed by atoms with Crippen molar-refractivity contribution in [3.05, 3.63) is 56.2 Å². The summed E-state index contributed by atoms with van der Waals surface area (Å²) in [5.74, 6) is -0.170. The Morgan fingerprint density at radius 3 is 2.94 bits per heavy atom. The predicted molar refractivity (Wildman–Crippen MR) is 74.3 cm³/mol. The number of thiophene rings is 1. The molecular formula is C13H9BrN2OS. The molecule has 2 rings (SSSR count). The largest absolute Gasteiger partial charge is 0.347 e. The maximum atomic E-state index is 11.9. The third-order valence-corrected chi connectivity index (χ3v) is 4.00. The van der Waals surface area contributed by atoms with Crippen LogP contribution in [-0.4, -0.2) is 5.91 Å². The monoisotopic (exact) mass is 320 g/mol. The summed E-state index contributed by atoms with van der Waals surface area (Å²) in [7, 11) is 0. The zero-order chi connectivity index (χ0) is 13.0. The molecular weight excluding hydrogens is 312 g/mol. The Labute approximate surface area is 117 Å². The number of rotatable bonds is 3. The van der Waals surface area contributed by atoms with E-state index in [-0.39, 0.29) is 5.91 Å². The minimum absolute atomic E-state index is 0.170. The van der Waals surface area contributed by atoms with E-state index in [9.17, 15) is 4.79 Å². The molecule has 18 heavy (non-hydrogen) atoms. The molecule has 2 aromatic rings. The molecule has 5 heteroatoms. The quantitative estimate of drug-likeness (QED) is 0.943. The molecule has 0 saturated heterocycles. The zero-order valence-electron chi connectivity index (χ0n) is 9.31. The lowest BCUT2D eigenvalue weighted by molar-refractivity contribution is 0.0951. The molecule has 0 aliphatic heterocycles. The van der Waals surface area contributed by atoms with E-state index in [2.05, 4.69) is 21.2 Å². The second-order valence-electron chi connectivity index (χ2n) is 3.61. The van der Waals surface area contributed by atoms with Crippen LogP contribution < -0.4 is 5.32 Å². The van der Waals surface area contributed by atoms with Crippen molar-refractivity contribution in [3.63, 3.8) is 0 Å². The van der Waals surface area contributed by atoms with Crippen molar-refractivity contribution in [1.29, 1.82) is 5.26 Å². The van der Waals surface area contributed by atoms with Crippen LogP contribution in [0.25, 0.3) is 0 Å². The van der Waals surface area contributed by atoms with Crippen LogP contribution >= 0.6 is 27.3 Å². The third kappa shape index (κ3) is 3.19. The van der Waals surface area contributed by atoms with E-state index in [0.29, 0.717) is 17.7 Å². The van der Waals surface area contributed by atoms with Crippen LogP contribution in [0.3, 0.4) is 0 Å². The average molecular weight is 321 g/mol. The normalized spacial score (nSPS) is 9.78. The highest BCUT2D eigenvalue weighted by atomic mass is 79.9. The number of nitrogens with zero attached hydrogens (tertiary/aromatic N) is 1. The van der Waals surface area contributed by atoms with E-state index < -0.39 is 0 Å². The highest BCUT2D eigenvalue weighted by Crippen LogP contribution is 2.19. The molecule has 1 aromatic heterocycles. The van der Waals surface area contributed by atoms with E-state index in [1.807, 2.05) is 17.5 Å². The highest BCUT2D eigenvalue weighted by Gasteiger charge is 2.06. The van der Waals surface area contributed by atoms with Gasteiger partial charge in [0, 0.05) is 20.3 Å². The molecule has 1 heterocycles. The lowest BCUT2D eigenvalue weighted by atomic mass is 10.1. The van der Waals surface area contributed by atoms with Crippen molar-refractivity contribution in [1.82, 2.24) is 5.32 Å². The highest BCUT2D eigenvalue weighted by molar-refractivity contribution is 9.10. The Balaban J connectivity index is 2.01. The van der Waals surface area contributed by atoms with Gasteiger partial charge in [-0.3, -0.25) is 4.79 Å². The molecule has 0 aliphatic carbocycles. The lowest BCUT2D eigenvalue weighted by Crippen LogP contribution is -2.22. The molecule has 0 atom stereocenters. The summed E-state index contributed by atoms with van der Waals surface area (Å²) in [6.07, 6.45) is 0. The SMILES string of the molecule is N#Cc1cccc(C(=O)NCc2cc(Br)cs2)c1. The first-order valence-electron chi connectivity index (χ1n) is 5.20. The van der Waals surface area contributed by atoms with Crippen molar-refractivity contribution >= 4 is 33.2 Å². The summed E-state index contributed by atoms with van der Waals surface area (Å²) < 4.78 is 1.02. The molecule has 0 spiro atoms. The summed E-state index contributed by atoms with van der Waals surface area (Å²) >= 11 is 4.95. The predicted octanol–water partition coefficient (Wildman–Crippen LogP) is 3.31. The number of amides is 1. The van der Waals surface area contributed by atoms with Gasteiger partial charge in [0.05, 0.1) is 18.2 Å². The molecule has 90 valence electrons. The molecule has 1 N–H and O–H groups in total. The summed E-state index contributed by atoms with van der Waals surface area (Å²) in [6, 6.07) is 10.6. The van der Waals surface area contributed by atoms with E-state index in [1.54, 1.807) is 35.6 Å². The van der Waals surface area contributed by atoms with Gasteiger partial charge in [-0.2, -0.15) is 5.26 Å². The van der Waals surface area contributed by atoms with Crippen LogP contribution in [0.4, 0.5) is 0 Å². The van der Waals surface area contributed by atoms with Gasteiger partial charge in [0.2, 0.25) is 0 Å². The topological polar surface area (TPSA) is 52.9 Å². The summed E-state index contributed by atoms with van der Waals surface area (Å²) in [5, 5.41) is 13.6. The summed E-state index contributed by atoms with van der Waals surface area (Å²) in [5.41, 5.74) is 0.992. The third-order valence-electron chi connectivity index (χ3n) is 2.30. The fourth-order valence-corrected chi connectivity index (χ4v) is 2.84. The first-order chi connectivity index (χ1) is 8.69. The van der Waals surface area contributed by atoms with Crippen LogP contribution in [-0.2, 0) is 6.54 Å². The van der Waals surface area contributed by atoms with Gasteiger partial charge in [-0.05, 0) is 40.2 Å². The van der Waals surface area contributed by atoms with E-state index in [4.69, 9.17) is 5.26 Å². The summed E-state index contributed by atoms with van der Waals surface area (Å²) in [4.78, 5) is 12.9. The minimum Gasteiger partial charge on any atom is -0.347 e. The second-order valence-corrected chi connectivity index (χ2v) is 5.52. The maximum Gasteiger partial charge on any atom is 0.251 e. The Hall–Kier alpha value is -1.64. The molecule has 1 aromatic carbocycles. The molecule has 0 fully saturated rings. The first-order valence-corrected chi connectivity index (χ1v) is 6.87. The number of benzene rings is 1. The fraction of sp³-hybridized carbons (Fsp3) is 0.0769. The number of halogens is 1. The fourth-order valence-electron chi connectivity index (χ4n) is 1.45. The van der Waals surface area contributed by atoms with Gasteiger partial charge in [0.25, 0.3) is 5.91 Å². The minimum atomic E-state index is -0.170. The Kier molecular flexibility index (Phi) is 4.13. The van der Waals surface area contributed by atoms with Gasteiger partial charge in [-0.15, -0.1) is 11.3 Å². The number of carbonyl (C=O) groups is 1. The second kappa shape index (κ2) is 5.80. The molecule has 0 bridgehead atoms. The van der Waals surface area contributed by atoms with Crippen LogP contribution in [0.15, 0.2) is 40.2 Å². The van der Waals surface area contributed by atoms with Crippen molar-refractivity contribution in [2.75, 3.05) is 0 Å². The standard InChI is InChI=1S/C13H9BrN2OS/c14-11-5-12(18-8-11)7-16-13(17)10-3-1-2-9(4-10)6-15/h1-5,8H,7H2,(H,16,17). The van der Waals surface area contributed by atoms with E-state index >= 15 is 0 Å². The van der Waals surface area contributed by atoms with Gasteiger partial charge in [-0.1, -0.05) is 6.07 Å². The Morgan fingerprint density at radius 2 is 2.28 bits per heavy atom. The molecule has 0 saturated carbocycles. The number of hydrogen-bond donors (Lipinski definition) is 1. The first kappa shape index (κ1) is 12.8. The van der Waals surface area contributed by atoms with Crippen molar-refractivity contribution < 1.29 is 4.79 Å². The van der Waals surface area contributed by atoms with Crippen molar-refractivity contribution in [2.45, 2.75) is 6.54 Å². The molecule has 3 nitrogen and oxygen atoms in total.